The van der Waals surface area contributed by atoms with E-state index in [4.69, 9.17) is 9.72 Å². The minimum atomic E-state index is -3.48. The molecular weight excluding hydrogens is 581 g/mol. The number of ether oxygens (including phenoxy) is 1. The van der Waals surface area contributed by atoms with Gasteiger partial charge in [0.1, 0.15) is 0 Å². The summed E-state index contributed by atoms with van der Waals surface area (Å²) in [5, 5.41) is 0. The number of aromatic nitrogens is 1. The van der Waals surface area contributed by atoms with E-state index in [1.807, 2.05) is 25.1 Å². The summed E-state index contributed by atoms with van der Waals surface area (Å²) < 4.78 is 33.4. The van der Waals surface area contributed by atoms with E-state index in [2.05, 4.69) is 73.3 Å². The van der Waals surface area contributed by atoms with Gasteiger partial charge in [0, 0.05) is 0 Å². The number of hydrogen-bond acceptors (Lipinski definition) is 5. The fraction of sp³-hybridized carbons (Fsp3) is 0.469. The predicted molar refractivity (Wildman–Crippen MR) is 168 cm³/mol. The summed E-state index contributed by atoms with van der Waals surface area (Å²) in [6, 6.07) is 24.9. The molecule has 0 aliphatic heterocycles. The third-order valence-electron chi connectivity index (χ3n) is 7.36. The van der Waals surface area contributed by atoms with Crippen molar-refractivity contribution in [2.45, 2.75) is 57.4 Å². The van der Waals surface area contributed by atoms with Crippen LogP contribution in [-0.4, -0.2) is 56.2 Å². The fourth-order valence-electron chi connectivity index (χ4n) is 5.08. The van der Waals surface area contributed by atoms with Gasteiger partial charge in [-0.05, 0) is 0 Å². The summed E-state index contributed by atoms with van der Waals surface area (Å²) in [5.41, 5.74) is 3.45. The van der Waals surface area contributed by atoms with Crippen LogP contribution in [-0.2, 0) is 34.3 Å². The molecule has 8 heteroatoms. The number of pyridine rings is 1. The Morgan fingerprint density at radius 2 is 1.60 bits per heavy atom. The molecule has 0 N–H and O–H groups in total. The fourth-order valence-corrected chi connectivity index (χ4v) is 6.77. The summed E-state index contributed by atoms with van der Waals surface area (Å²) in [4.78, 5) is 7.26. The first-order valence-corrected chi connectivity index (χ1v) is 17.3. The number of nitrogens with zero attached hydrogens (tertiary/aromatic N) is 3. The molecule has 0 bridgehead atoms. The summed E-state index contributed by atoms with van der Waals surface area (Å²) in [6.45, 7) is 9.55. The average Bonchev–Trinajstić information content (AvgIpc) is 3.61. The molecule has 4 atom stereocenters. The molecule has 1 saturated carbocycles. The van der Waals surface area contributed by atoms with Crippen LogP contribution in [0.5, 0.6) is 0 Å². The van der Waals surface area contributed by atoms with E-state index in [0.717, 1.165) is 30.9 Å². The van der Waals surface area contributed by atoms with Crippen LogP contribution in [0.4, 0.5) is 11.6 Å². The molecular formula is C32H44AsN3O3S. The number of rotatable bonds is 15. The average molecular weight is 626 g/mol. The van der Waals surface area contributed by atoms with Crippen LogP contribution in [0.15, 0.2) is 72.8 Å². The molecule has 2 aromatic carbocycles. The molecule has 6 nitrogen and oxygen atoms in total. The van der Waals surface area contributed by atoms with Crippen molar-refractivity contribution in [1.82, 2.24) is 4.98 Å². The SMILES string of the molecule is CCCN(c1cc(COCC(C)([AsH2])Cc2ccccc2)cc(N(Cc2ccccc2)CC2CC2C)n1)S(C)(=O)=O. The van der Waals surface area contributed by atoms with Gasteiger partial charge >= 0.3 is 244 Å². The number of benzene rings is 2. The maximum absolute atomic E-state index is 12.8. The monoisotopic (exact) mass is 625 g/mol. The van der Waals surface area contributed by atoms with Crippen LogP contribution in [0.2, 0.25) is 4.20 Å². The molecule has 216 valence electrons. The molecule has 0 amide bonds. The van der Waals surface area contributed by atoms with Crippen LogP contribution < -0.4 is 9.21 Å². The molecule has 40 heavy (non-hydrogen) atoms. The van der Waals surface area contributed by atoms with E-state index in [-0.39, 0.29) is 4.20 Å². The van der Waals surface area contributed by atoms with Crippen LogP contribution in [0.1, 0.15) is 50.3 Å². The zero-order valence-electron chi connectivity index (χ0n) is 24.3. The van der Waals surface area contributed by atoms with Crippen LogP contribution in [0.3, 0.4) is 0 Å². The Kier molecular flexibility index (Phi) is 10.4. The zero-order valence-corrected chi connectivity index (χ0v) is 27.5. The second-order valence-corrected chi connectivity index (χ2v) is 16.5. The van der Waals surface area contributed by atoms with E-state index < -0.39 is 10.0 Å². The third-order valence-corrected chi connectivity index (χ3v) is 9.31. The Balaban J connectivity index is 1.61. The van der Waals surface area contributed by atoms with Gasteiger partial charge < -0.3 is 0 Å². The number of anilines is 2. The van der Waals surface area contributed by atoms with Gasteiger partial charge in [0.05, 0.1) is 0 Å². The Bertz CT molecular complexity index is 1340. The summed E-state index contributed by atoms with van der Waals surface area (Å²) >= 11 is 1.67. The maximum atomic E-state index is 12.8. The number of sulfonamides is 1. The van der Waals surface area contributed by atoms with E-state index in [1.54, 1.807) is 16.9 Å². The summed E-state index contributed by atoms with van der Waals surface area (Å²) in [6.07, 6.45) is 4.12. The van der Waals surface area contributed by atoms with Gasteiger partial charge in [-0.15, -0.1) is 0 Å². The first kappa shape index (κ1) is 30.6. The molecule has 0 spiro atoms. The molecule has 1 aliphatic rings. The topological polar surface area (TPSA) is 62.7 Å². The molecule has 4 unspecified atom stereocenters. The summed E-state index contributed by atoms with van der Waals surface area (Å²) in [5.74, 6) is 2.59. The zero-order chi connectivity index (χ0) is 28.8. The van der Waals surface area contributed by atoms with Gasteiger partial charge in [-0.25, -0.2) is 0 Å². The van der Waals surface area contributed by atoms with Gasteiger partial charge in [-0.3, -0.25) is 0 Å². The molecule has 1 heterocycles. The van der Waals surface area contributed by atoms with Gasteiger partial charge in [0.25, 0.3) is 0 Å². The van der Waals surface area contributed by atoms with E-state index in [9.17, 15) is 8.42 Å². The normalized spacial score (nSPS) is 18.2. The van der Waals surface area contributed by atoms with Crippen LogP contribution in [0, 0.1) is 11.8 Å². The third kappa shape index (κ3) is 9.09. The van der Waals surface area contributed by atoms with Crippen molar-refractivity contribution in [3.63, 3.8) is 0 Å². The van der Waals surface area contributed by atoms with Crippen molar-refractivity contribution < 1.29 is 13.2 Å². The second-order valence-electron chi connectivity index (χ2n) is 11.7. The molecule has 0 saturated heterocycles. The molecule has 4 rings (SSSR count). The quantitative estimate of drug-likeness (QED) is 0.209. The van der Waals surface area contributed by atoms with E-state index in [1.165, 1.54) is 28.1 Å². The standard InChI is InChI=1S/C32H44AsN3O3S/c1-5-16-36(40(4,37)38)31-19-28(23-39-24-32(3,33)20-26-12-8-6-9-13-26)18-30(34-31)35(22-29-17-25(29)2)21-27-14-10-7-11-15-27/h6-15,18-19,25,29H,5,16-17,20-24,33H2,1-4H3. The van der Waals surface area contributed by atoms with Gasteiger partial charge in [-0.2, -0.15) is 0 Å². The van der Waals surface area contributed by atoms with Crippen molar-refractivity contribution in [2.75, 3.05) is 35.2 Å². The Hall–Kier alpha value is -2.34. The first-order chi connectivity index (χ1) is 19.0. The molecule has 1 fully saturated rings. The van der Waals surface area contributed by atoms with Crippen molar-refractivity contribution >= 4 is 38.5 Å². The van der Waals surface area contributed by atoms with Crippen LogP contribution in [0.25, 0.3) is 0 Å². The van der Waals surface area contributed by atoms with Crippen molar-refractivity contribution in [1.29, 1.82) is 0 Å². The van der Waals surface area contributed by atoms with Crippen molar-refractivity contribution in [3.8, 4) is 0 Å². The first-order valence-electron chi connectivity index (χ1n) is 14.2. The number of hydrogen-bond donors (Lipinski definition) is 0. The van der Waals surface area contributed by atoms with E-state index >= 15 is 0 Å². The van der Waals surface area contributed by atoms with Crippen LogP contribution >= 0.6 is 0 Å². The second kappa shape index (κ2) is 13.5. The summed E-state index contributed by atoms with van der Waals surface area (Å²) in [7, 11) is -3.48. The molecule has 3 aromatic rings. The van der Waals surface area contributed by atoms with Crippen molar-refractivity contribution in [2.24, 2.45) is 11.8 Å². The molecule has 1 aliphatic carbocycles. The van der Waals surface area contributed by atoms with E-state index in [0.29, 0.717) is 43.8 Å². The Morgan fingerprint density at radius 1 is 1.00 bits per heavy atom. The minimum absolute atomic E-state index is 0.0233. The predicted octanol–water partition coefficient (Wildman–Crippen LogP) is 5.49. The van der Waals surface area contributed by atoms with Gasteiger partial charge in [0.15, 0.2) is 0 Å². The van der Waals surface area contributed by atoms with Crippen molar-refractivity contribution in [3.05, 3.63) is 89.5 Å². The molecule has 0 radical (unpaired) electrons. The van der Waals surface area contributed by atoms with Gasteiger partial charge in [0.2, 0.25) is 0 Å². The van der Waals surface area contributed by atoms with Gasteiger partial charge in [-0.1, -0.05) is 6.07 Å². The Labute approximate surface area is 249 Å². The molecule has 1 aromatic heterocycles. The Morgan fingerprint density at radius 3 is 2.17 bits per heavy atom.